The van der Waals surface area contributed by atoms with Crippen LogP contribution in [-0.2, 0) is 0 Å². The molecule has 0 radical (unpaired) electrons. The zero-order valence-corrected chi connectivity index (χ0v) is 14.2. The minimum absolute atomic E-state index is 1.00. The SMILES string of the molecule is c1ccc(-c2cccc(-c3ncnc4sc5ccccc5c34)c2)cc1. The van der Waals surface area contributed by atoms with E-state index in [9.17, 15) is 0 Å². The van der Waals surface area contributed by atoms with Gasteiger partial charge in [-0.25, -0.2) is 9.97 Å². The van der Waals surface area contributed by atoms with Crippen molar-refractivity contribution in [3.8, 4) is 22.4 Å². The van der Waals surface area contributed by atoms with Gasteiger partial charge in [0.2, 0.25) is 0 Å². The highest BCUT2D eigenvalue weighted by Crippen LogP contribution is 2.38. The molecule has 3 aromatic carbocycles. The molecule has 0 aliphatic heterocycles. The summed E-state index contributed by atoms with van der Waals surface area (Å²) in [6.07, 6.45) is 1.67. The molecular formula is C22H14N2S. The van der Waals surface area contributed by atoms with Crippen molar-refractivity contribution in [3.63, 3.8) is 0 Å². The van der Waals surface area contributed by atoms with Crippen molar-refractivity contribution in [3.05, 3.63) is 85.2 Å². The Balaban J connectivity index is 1.77. The normalized spacial score (nSPS) is 11.2. The third-order valence-electron chi connectivity index (χ3n) is 4.42. The molecule has 0 aliphatic carbocycles. The van der Waals surface area contributed by atoms with Gasteiger partial charge in [-0.3, -0.25) is 0 Å². The Labute approximate surface area is 149 Å². The molecule has 0 aliphatic rings. The lowest BCUT2D eigenvalue weighted by Crippen LogP contribution is -1.87. The molecule has 0 saturated heterocycles. The molecule has 0 spiro atoms. The molecule has 0 N–H and O–H groups in total. The Bertz CT molecular complexity index is 1190. The lowest BCUT2D eigenvalue weighted by atomic mass is 10.00. The highest BCUT2D eigenvalue weighted by Gasteiger charge is 2.13. The van der Waals surface area contributed by atoms with E-state index in [1.165, 1.54) is 21.2 Å². The Morgan fingerprint density at radius 1 is 0.640 bits per heavy atom. The fourth-order valence-electron chi connectivity index (χ4n) is 3.25. The first-order valence-corrected chi connectivity index (χ1v) is 9.00. The third kappa shape index (κ3) is 2.41. The van der Waals surface area contributed by atoms with Crippen LogP contribution in [0, 0.1) is 0 Å². The van der Waals surface area contributed by atoms with Gasteiger partial charge < -0.3 is 0 Å². The van der Waals surface area contributed by atoms with Crippen molar-refractivity contribution in [2.45, 2.75) is 0 Å². The molecule has 5 aromatic rings. The van der Waals surface area contributed by atoms with Crippen LogP contribution in [0.4, 0.5) is 0 Å². The molecule has 2 aromatic heterocycles. The van der Waals surface area contributed by atoms with Gasteiger partial charge in [0.25, 0.3) is 0 Å². The van der Waals surface area contributed by atoms with Gasteiger partial charge in [0.15, 0.2) is 0 Å². The molecule has 0 bridgehead atoms. The number of thiophene rings is 1. The molecule has 3 heteroatoms. The van der Waals surface area contributed by atoms with Crippen LogP contribution in [0.1, 0.15) is 0 Å². The van der Waals surface area contributed by atoms with E-state index in [1.807, 2.05) is 6.07 Å². The smallest absolute Gasteiger partial charge is 0.128 e. The van der Waals surface area contributed by atoms with Crippen LogP contribution in [0.25, 0.3) is 42.7 Å². The fraction of sp³-hybridized carbons (Fsp3) is 0. The lowest BCUT2D eigenvalue weighted by molar-refractivity contribution is 1.24. The molecule has 0 amide bonds. The molecule has 0 saturated carbocycles. The Kier molecular flexibility index (Phi) is 3.32. The maximum absolute atomic E-state index is 4.63. The Hall–Kier alpha value is -3.04. The van der Waals surface area contributed by atoms with Crippen molar-refractivity contribution in [2.24, 2.45) is 0 Å². The summed E-state index contributed by atoms with van der Waals surface area (Å²) in [5.41, 5.74) is 4.53. The van der Waals surface area contributed by atoms with E-state index in [4.69, 9.17) is 0 Å². The van der Waals surface area contributed by atoms with E-state index in [-0.39, 0.29) is 0 Å². The summed E-state index contributed by atoms with van der Waals surface area (Å²) in [6.45, 7) is 0. The summed E-state index contributed by atoms with van der Waals surface area (Å²) in [7, 11) is 0. The van der Waals surface area contributed by atoms with Gasteiger partial charge in [-0.2, -0.15) is 0 Å². The van der Waals surface area contributed by atoms with Crippen LogP contribution < -0.4 is 0 Å². The third-order valence-corrected chi connectivity index (χ3v) is 5.50. The molecular weight excluding hydrogens is 324 g/mol. The zero-order valence-electron chi connectivity index (χ0n) is 13.4. The number of hydrogen-bond donors (Lipinski definition) is 0. The largest absolute Gasteiger partial charge is 0.236 e. The van der Waals surface area contributed by atoms with Crippen LogP contribution >= 0.6 is 11.3 Å². The highest BCUT2D eigenvalue weighted by molar-refractivity contribution is 7.25. The molecule has 5 rings (SSSR count). The number of rotatable bonds is 2. The second-order valence-corrected chi connectivity index (χ2v) is 6.98. The van der Waals surface area contributed by atoms with E-state index in [2.05, 4.69) is 82.8 Å². The average Bonchev–Trinajstić information content (AvgIpc) is 3.07. The summed E-state index contributed by atoms with van der Waals surface area (Å²) in [4.78, 5) is 10.2. The van der Waals surface area contributed by atoms with Gasteiger partial charge in [0.1, 0.15) is 11.2 Å². The zero-order chi connectivity index (χ0) is 16.6. The Morgan fingerprint density at radius 2 is 1.40 bits per heavy atom. The average molecular weight is 338 g/mol. The first kappa shape index (κ1) is 14.3. The van der Waals surface area contributed by atoms with Crippen molar-refractivity contribution in [1.82, 2.24) is 9.97 Å². The lowest BCUT2D eigenvalue weighted by Gasteiger charge is -2.07. The predicted octanol–water partition coefficient (Wildman–Crippen LogP) is 6.18. The fourth-order valence-corrected chi connectivity index (χ4v) is 4.29. The second kappa shape index (κ2) is 5.80. The van der Waals surface area contributed by atoms with Gasteiger partial charge >= 0.3 is 0 Å². The quantitative estimate of drug-likeness (QED) is 0.384. The summed E-state index contributed by atoms with van der Waals surface area (Å²) >= 11 is 1.72. The maximum atomic E-state index is 4.63. The van der Waals surface area contributed by atoms with Crippen LogP contribution in [0.5, 0.6) is 0 Å². The highest BCUT2D eigenvalue weighted by atomic mass is 32.1. The topological polar surface area (TPSA) is 25.8 Å². The summed E-state index contributed by atoms with van der Waals surface area (Å²) in [6, 6.07) is 27.5. The molecule has 2 nitrogen and oxygen atoms in total. The van der Waals surface area contributed by atoms with E-state index in [0.29, 0.717) is 0 Å². The molecule has 118 valence electrons. The number of hydrogen-bond acceptors (Lipinski definition) is 3. The van der Waals surface area contributed by atoms with Gasteiger partial charge in [0, 0.05) is 21.0 Å². The molecule has 25 heavy (non-hydrogen) atoms. The second-order valence-electron chi connectivity index (χ2n) is 5.95. The van der Waals surface area contributed by atoms with Gasteiger partial charge in [-0.15, -0.1) is 11.3 Å². The summed E-state index contributed by atoms with van der Waals surface area (Å²) < 4.78 is 1.25. The minimum Gasteiger partial charge on any atom is -0.236 e. The number of benzene rings is 3. The monoisotopic (exact) mass is 338 g/mol. The molecule has 2 heterocycles. The van der Waals surface area contributed by atoms with Crippen LogP contribution in [-0.4, -0.2) is 9.97 Å². The Morgan fingerprint density at radius 3 is 2.32 bits per heavy atom. The van der Waals surface area contributed by atoms with Crippen LogP contribution in [0.15, 0.2) is 85.2 Å². The van der Waals surface area contributed by atoms with E-state index in [1.54, 1.807) is 17.7 Å². The van der Waals surface area contributed by atoms with Gasteiger partial charge in [-0.05, 0) is 23.3 Å². The summed E-state index contributed by atoms with van der Waals surface area (Å²) in [5.74, 6) is 0. The van der Waals surface area contributed by atoms with Gasteiger partial charge in [-0.1, -0.05) is 66.7 Å². The van der Waals surface area contributed by atoms with Crippen LogP contribution in [0.2, 0.25) is 0 Å². The van der Waals surface area contributed by atoms with E-state index >= 15 is 0 Å². The molecule has 0 atom stereocenters. The first-order chi connectivity index (χ1) is 12.4. The van der Waals surface area contributed by atoms with Crippen molar-refractivity contribution >= 4 is 31.6 Å². The number of aromatic nitrogens is 2. The number of nitrogens with zero attached hydrogens (tertiary/aromatic N) is 2. The minimum atomic E-state index is 1.00. The van der Waals surface area contributed by atoms with Crippen molar-refractivity contribution < 1.29 is 0 Å². The summed E-state index contributed by atoms with van der Waals surface area (Å²) in [5, 5.41) is 2.37. The van der Waals surface area contributed by atoms with Crippen molar-refractivity contribution in [2.75, 3.05) is 0 Å². The number of fused-ring (bicyclic) bond motifs is 3. The van der Waals surface area contributed by atoms with E-state index < -0.39 is 0 Å². The first-order valence-electron chi connectivity index (χ1n) is 8.18. The maximum Gasteiger partial charge on any atom is 0.128 e. The van der Waals surface area contributed by atoms with Crippen LogP contribution in [0.3, 0.4) is 0 Å². The molecule has 0 unspecified atom stereocenters. The van der Waals surface area contributed by atoms with Gasteiger partial charge in [0.05, 0.1) is 5.69 Å². The van der Waals surface area contributed by atoms with E-state index in [0.717, 1.165) is 21.5 Å². The predicted molar refractivity (Wildman–Crippen MR) is 106 cm³/mol. The standard InChI is InChI=1S/C22H14N2S/c1-2-7-15(8-3-1)16-9-6-10-17(13-16)21-20-18-11-4-5-12-19(18)25-22(20)24-14-23-21/h1-14H. The molecule has 0 fully saturated rings. The van der Waals surface area contributed by atoms with Crippen molar-refractivity contribution in [1.29, 1.82) is 0 Å².